The molecule has 5 nitrogen and oxygen atoms in total. The molecule has 0 atom stereocenters. The molecule has 2 aromatic rings. The van der Waals surface area contributed by atoms with E-state index in [0.29, 0.717) is 5.96 Å². The van der Waals surface area contributed by atoms with E-state index in [1.165, 1.54) is 0 Å². The predicted molar refractivity (Wildman–Crippen MR) is 83.8 cm³/mol. The van der Waals surface area contributed by atoms with Crippen LogP contribution in [0.5, 0.6) is 0 Å². The van der Waals surface area contributed by atoms with Crippen molar-refractivity contribution in [3.05, 3.63) is 30.1 Å². The third-order valence-electron chi connectivity index (χ3n) is 3.37. The molecule has 2 rings (SSSR count). The number of rotatable bonds is 6. The van der Waals surface area contributed by atoms with Gasteiger partial charge >= 0.3 is 0 Å². The van der Waals surface area contributed by atoms with Gasteiger partial charge in [0.25, 0.3) is 0 Å². The van der Waals surface area contributed by atoms with Crippen LogP contribution in [0.4, 0.5) is 0 Å². The van der Waals surface area contributed by atoms with Crippen LogP contribution in [0.2, 0.25) is 0 Å². The summed E-state index contributed by atoms with van der Waals surface area (Å²) in [5, 5.41) is 0. The summed E-state index contributed by atoms with van der Waals surface area (Å²) in [7, 11) is 0. The monoisotopic (exact) mass is 273 g/mol. The van der Waals surface area contributed by atoms with Gasteiger partial charge in [-0.3, -0.25) is 4.99 Å². The summed E-state index contributed by atoms with van der Waals surface area (Å²) < 4.78 is 0. The molecule has 0 aliphatic carbocycles. The number of aliphatic imine (C=N–C) groups is 1. The number of nitrogens with zero attached hydrogens (tertiary/aromatic N) is 3. The Bertz CT molecular complexity index is 535. The number of hydrogen-bond donors (Lipinski definition) is 2. The Balaban J connectivity index is 1.85. The average molecular weight is 273 g/mol. The Morgan fingerprint density at radius 3 is 2.75 bits per heavy atom. The maximum absolute atomic E-state index is 5.93. The highest BCUT2D eigenvalue weighted by Gasteiger charge is 2.03. The first-order chi connectivity index (χ1) is 9.74. The van der Waals surface area contributed by atoms with Gasteiger partial charge in [-0.15, -0.1) is 0 Å². The third kappa shape index (κ3) is 3.50. The molecule has 0 aliphatic rings. The zero-order chi connectivity index (χ0) is 14.4. The predicted octanol–water partition coefficient (Wildman–Crippen LogP) is 2.15. The largest absolute Gasteiger partial charge is 0.370 e. The number of benzene rings is 1. The van der Waals surface area contributed by atoms with Gasteiger partial charge in [0.05, 0.1) is 11.0 Å². The highest BCUT2D eigenvalue weighted by Crippen LogP contribution is 2.11. The van der Waals surface area contributed by atoms with Crippen LogP contribution in [0.15, 0.2) is 29.3 Å². The molecule has 0 amide bonds. The Hall–Kier alpha value is -2.04. The third-order valence-corrected chi connectivity index (χ3v) is 3.37. The van der Waals surface area contributed by atoms with Crippen molar-refractivity contribution in [1.82, 2.24) is 14.9 Å². The molecule has 0 unspecified atom stereocenters. The first kappa shape index (κ1) is 14.4. The Morgan fingerprint density at radius 2 is 2.05 bits per heavy atom. The van der Waals surface area contributed by atoms with Crippen molar-refractivity contribution in [2.24, 2.45) is 10.7 Å². The lowest BCUT2D eigenvalue weighted by Gasteiger charge is -2.19. The van der Waals surface area contributed by atoms with E-state index in [0.717, 1.165) is 49.3 Å². The molecule has 108 valence electrons. The second-order valence-corrected chi connectivity index (χ2v) is 4.72. The van der Waals surface area contributed by atoms with E-state index < -0.39 is 0 Å². The molecule has 3 N–H and O–H groups in total. The molecular formula is C15H23N5. The number of nitrogens with one attached hydrogen (secondary N) is 1. The van der Waals surface area contributed by atoms with Gasteiger partial charge in [0.2, 0.25) is 0 Å². The van der Waals surface area contributed by atoms with Crippen molar-refractivity contribution < 1.29 is 0 Å². The molecule has 1 heterocycles. The minimum Gasteiger partial charge on any atom is -0.370 e. The smallest absolute Gasteiger partial charge is 0.191 e. The quantitative estimate of drug-likeness (QED) is 0.481. The molecule has 0 aliphatic heterocycles. The second kappa shape index (κ2) is 6.93. The van der Waals surface area contributed by atoms with Gasteiger partial charge in [-0.1, -0.05) is 12.1 Å². The molecule has 1 aromatic heterocycles. The molecular weight excluding hydrogens is 250 g/mol. The molecule has 0 spiro atoms. The zero-order valence-electron chi connectivity index (χ0n) is 12.3. The molecule has 1 aromatic carbocycles. The normalized spacial score (nSPS) is 12.0. The van der Waals surface area contributed by atoms with Crippen LogP contribution in [0.3, 0.4) is 0 Å². The van der Waals surface area contributed by atoms with Gasteiger partial charge in [-0.05, 0) is 32.4 Å². The van der Waals surface area contributed by atoms with Crippen LogP contribution in [0.1, 0.15) is 26.1 Å². The highest BCUT2D eigenvalue weighted by atomic mass is 15.2. The molecule has 0 radical (unpaired) electrons. The van der Waals surface area contributed by atoms with Crippen molar-refractivity contribution >= 4 is 17.0 Å². The standard InChI is InChI=1S/C15H23N5/c1-3-20(4-2)15(16)17-11-7-10-14-18-12-8-5-6-9-13(12)19-14/h5-6,8-9H,3-4,7,10-11H2,1-2H3,(H2,16,17)(H,18,19). The van der Waals surface area contributed by atoms with E-state index in [-0.39, 0.29) is 0 Å². The van der Waals surface area contributed by atoms with Gasteiger partial charge in [-0.2, -0.15) is 0 Å². The Kier molecular flexibility index (Phi) is 4.98. The lowest BCUT2D eigenvalue weighted by atomic mass is 10.3. The fourth-order valence-electron chi connectivity index (χ4n) is 2.21. The van der Waals surface area contributed by atoms with E-state index in [1.807, 2.05) is 24.3 Å². The molecule has 0 fully saturated rings. The zero-order valence-corrected chi connectivity index (χ0v) is 12.3. The van der Waals surface area contributed by atoms with Crippen LogP contribution >= 0.6 is 0 Å². The summed E-state index contributed by atoms with van der Waals surface area (Å²) >= 11 is 0. The number of fused-ring (bicyclic) bond motifs is 1. The molecule has 20 heavy (non-hydrogen) atoms. The number of H-pyrrole nitrogens is 1. The molecule has 0 saturated heterocycles. The van der Waals surface area contributed by atoms with Crippen molar-refractivity contribution in [3.63, 3.8) is 0 Å². The number of para-hydroxylation sites is 2. The maximum Gasteiger partial charge on any atom is 0.191 e. The van der Waals surface area contributed by atoms with Crippen molar-refractivity contribution in [1.29, 1.82) is 0 Å². The van der Waals surface area contributed by atoms with Gasteiger partial charge in [-0.25, -0.2) is 4.98 Å². The average Bonchev–Trinajstić information content (AvgIpc) is 2.87. The maximum atomic E-state index is 5.93. The van der Waals surface area contributed by atoms with E-state index >= 15 is 0 Å². The summed E-state index contributed by atoms with van der Waals surface area (Å²) in [4.78, 5) is 14.3. The SMILES string of the molecule is CCN(CC)C(N)=NCCCc1nc2ccccc2[nH]1. The van der Waals surface area contributed by atoms with Gasteiger partial charge in [0.15, 0.2) is 5.96 Å². The summed E-state index contributed by atoms with van der Waals surface area (Å²) in [6.07, 6.45) is 1.84. The molecule has 5 heteroatoms. The first-order valence-corrected chi connectivity index (χ1v) is 7.23. The fourth-order valence-corrected chi connectivity index (χ4v) is 2.21. The van der Waals surface area contributed by atoms with Crippen LogP contribution in [0.25, 0.3) is 11.0 Å². The van der Waals surface area contributed by atoms with Crippen LogP contribution in [0, 0.1) is 0 Å². The Morgan fingerprint density at radius 1 is 1.30 bits per heavy atom. The van der Waals surface area contributed by atoms with E-state index in [2.05, 4.69) is 33.7 Å². The number of hydrogen-bond acceptors (Lipinski definition) is 2. The minimum atomic E-state index is 0.639. The lowest BCUT2D eigenvalue weighted by molar-refractivity contribution is 0.458. The van der Waals surface area contributed by atoms with E-state index in [9.17, 15) is 0 Å². The number of nitrogens with two attached hydrogens (primary N) is 1. The van der Waals surface area contributed by atoms with Gasteiger partial charge < -0.3 is 15.6 Å². The molecule has 0 bridgehead atoms. The van der Waals surface area contributed by atoms with Crippen LogP contribution in [-0.2, 0) is 6.42 Å². The topological polar surface area (TPSA) is 70.3 Å². The number of guanidine groups is 1. The van der Waals surface area contributed by atoms with Gasteiger partial charge in [0.1, 0.15) is 5.82 Å². The Labute approximate surface area is 119 Å². The summed E-state index contributed by atoms with van der Waals surface area (Å²) in [5.74, 6) is 1.66. The highest BCUT2D eigenvalue weighted by molar-refractivity contribution is 5.78. The first-order valence-electron chi connectivity index (χ1n) is 7.23. The van der Waals surface area contributed by atoms with Crippen LogP contribution in [-0.4, -0.2) is 40.5 Å². The number of aryl methyl sites for hydroxylation is 1. The van der Waals surface area contributed by atoms with Crippen molar-refractivity contribution in [2.45, 2.75) is 26.7 Å². The minimum absolute atomic E-state index is 0.639. The van der Waals surface area contributed by atoms with Crippen LogP contribution < -0.4 is 5.73 Å². The summed E-state index contributed by atoms with van der Waals surface area (Å²) in [6, 6.07) is 8.08. The number of imidazole rings is 1. The van der Waals surface area contributed by atoms with Crippen molar-refractivity contribution in [2.75, 3.05) is 19.6 Å². The number of aromatic nitrogens is 2. The van der Waals surface area contributed by atoms with E-state index in [1.54, 1.807) is 0 Å². The second-order valence-electron chi connectivity index (χ2n) is 4.72. The van der Waals surface area contributed by atoms with E-state index in [4.69, 9.17) is 5.73 Å². The van der Waals surface area contributed by atoms with Gasteiger partial charge in [0, 0.05) is 26.1 Å². The fraction of sp³-hybridized carbons (Fsp3) is 0.467. The summed E-state index contributed by atoms with van der Waals surface area (Å²) in [5.41, 5.74) is 8.05. The summed E-state index contributed by atoms with van der Waals surface area (Å²) in [6.45, 7) is 6.70. The molecule has 0 saturated carbocycles. The number of aromatic amines is 1. The lowest BCUT2D eigenvalue weighted by Crippen LogP contribution is -2.37. The van der Waals surface area contributed by atoms with Crippen molar-refractivity contribution in [3.8, 4) is 0 Å².